The molecule has 1 aromatic rings. The van der Waals surface area contributed by atoms with Gasteiger partial charge in [-0.15, -0.1) is 0 Å². The molecule has 9 nitrogen and oxygen atoms in total. The van der Waals surface area contributed by atoms with Crippen molar-refractivity contribution >= 4 is 27.6 Å². The van der Waals surface area contributed by atoms with Gasteiger partial charge in [-0.3, -0.25) is 4.79 Å². The lowest BCUT2D eigenvalue weighted by Crippen LogP contribution is -2.44. The first kappa shape index (κ1) is 26.4. The van der Waals surface area contributed by atoms with Crippen LogP contribution in [-0.2, 0) is 24.3 Å². The number of amides is 1. The molecule has 2 aliphatic heterocycles. The average Bonchev–Trinajstić information content (AvgIpc) is 2.82. The Balaban J connectivity index is 1.88. The Morgan fingerprint density at radius 2 is 1.62 bits per heavy atom. The van der Waals surface area contributed by atoms with Gasteiger partial charge in [0, 0.05) is 38.3 Å². The second-order valence-corrected chi connectivity index (χ2v) is 11.2. The van der Waals surface area contributed by atoms with Crippen LogP contribution in [0, 0.1) is 0 Å². The molecule has 34 heavy (non-hydrogen) atoms. The van der Waals surface area contributed by atoms with Gasteiger partial charge in [0.25, 0.3) is 5.91 Å². The molecule has 190 valence electrons. The van der Waals surface area contributed by atoms with Crippen LogP contribution in [0.15, 0.2) is 23.1 Å². The molecule has 0 N–H and O–H groups in total. The summed E-state index contributed by atoms with van der Waals surface area (Å²) in [7, 11) is -3.73. The number of sulfonamides is 1. The fourth-order valence-corrected chi connectivity index (χ4v) is 6.17. The summed E-state index contributed by atoms with van der Waals surface area (Å²) in [5.41, 5.74) is 0.733. The minimum Gasteiger partial charge on any atom is -0.452 e. The molecule has 0 aliphatic carbocycles. The third kappa shape index (κ3) is 6.09. The van der Waals surface area contributed by atoms with Gasteiger partial charge in [-0.1, -0.05) is 6.42 Å². The molecular weight excluding hydrogens is 458 g/mol. The molecule has 2 aliphatic rings. The second kappa shape index (κ2) is 11.5. The predicted octanol–water partition coefficient (Wildman–Crippen LogP) is 2.50. The summed E-state index contributed by atoms with van der Waals surface area (Å²) >= 11 is 0. The van der Waals surface area contributed by atoms with E-state index in [2.05, 4.69) is 0 Å². The predicted molar refractivity (Wildman–Crippen MR) is 129 cm³/mol. The standard InChI is InChI=1S/C24H37N3O6S/c1-18(2)27(19(3)4)23(28)17-33-24(29)21-16-20(34(30,31)26-10-6-5-7-11-26)8-9-22(21)25-12-14-32-15-13-25/h8-9,16,18-19H,5-7,10-15,17H2,1-4H3. The Kier molecular flexibility index (Phi) is 8.95. The lowest BCUT2D eigenvalue weighted by Gasteiger charge is -2.31. The van der Waals surface area contributed by atoms with Gasteiger partial charge in [0.15, 0.2) is 6.61 Å². The van der Waals surface area contributed by atoms with E-state index in [1.807, 2.05) is 32.6 Å². The third-order valence-electron chi connectivity index (χ3n) is 6.22. The molecular formula is C24H37N3O6S. The monoisotopic (exact) mass is 495 g/mol. The van der Waals surface area contributed by atoms with Crippen molar-refractivity contribution in [3.63, 3.8) is 0 Å². The summed E-state index contributed by atoms with van der Waals surface area (Å²) in [4.78, 5) is 29.6. The number of piperidine rings is 1. The summed E-state index contributed by atoms with van der Waals surface area (Å²) in [6, 6.07) is 4.54. The Labute approximate surface area is 203 Å². The molecule has 0 spiro atoms. The van der Waals surface area contributed by atoms with Crippen LogP contribution in [0.4, 0.5) is 5.69 Å². The number of hydrogen-bond acceptors (Lipinski definition) is 7. The van der Waals surface area contributed by atoms with Gasteiger partial charge in [-0.2, -0.15) is 4.31 Å². The highest BCUT2D eigenvalue weighted by atomic mass is 32.2. The Bertz CT molecular complexity index is 959. The molecule has 0 bridgehead atoms. The van der Waals surface area contributed by atoms with Crippen LogP contribution in [0.5, 0.6) is 0 Å². The summed E-state index contributed by atoms with van der Waals surface area (Å²) in [6.07, 6.45) is 2.66. The molecule has 0 aromatic heterocycles. The molecule has 0 atom stereocenters. The molecule has 1 amide bonds. The number of rotatable bonds is 8. The van der Waals surface area contributed by atoms with Crippen molar-refractivity contribution in [2.45, 2.75) is 63.9 Å². The van der Waals surface area contributed by atoms with Crippen LogP contribution in [0.25, 0.3) is 0 Å². The molecule has 0 saturated carbocycles. The summed E-state index contributed by atoms with van der Waals surface area (Å²) < 4.78 is 38.8. The third-order valence-corrected chi connectivity index (χ3v) is 8.11. The Morgan fingerprint density at radius 3 is 2.21 bits per heavy atom. The first-order valence-electron chi connectivity index (χ1n) is 12.1. The number of anilines is 1. The molecule has 2 heterocycles. The van der Waals surface area contributed by atoms with E-state index in [1.54, 1.807) is 17.0 Å². The van der Waals surface area contributed by atoms with E-state index < -0.39 is 22.6 Å². The highest BCUT2D eigenvalue weighted by Crippen LogP contribution is 2.28. The number of nitrogens with zero attached hydrogens (tertiary/aromatic N) is 3. The largest absolute Gasteiger partial charge is 0.452 e. The van der Waals surface area contributed by atoms with E-state index in [4.69, 9.17) is 9.47 Å². The number of esters is 1. The molecule has 10 heteroatoms. The van der Waals surface area contributed by atoms with Crippen LogP contribution >= 0.6 is 0 Å². The average molecular weight is 496 g/mol. The fraction of sp³-hybridized carbons (Fsp3) is 0.667. The van der Waals surface area contributed by atoms with Gasteiger partial charge in [-0.05, 0) is 58.7 Å². The van der Waals surface area contributed by atoms with Crippen molar-refractivity contribution in [2.24, 2.45) is 0 Å². The van der Waals surface area contributed by atoms with E-state index in [0.29, 0.717) is 45.1 Å². The summed E-state index contributed by atoms with van der Waals surface area (Å²) in [6.45, 7) is 10.4. The zero-order valence-electron chi connectivity index (χ0n) is 20.7. The lowest BCUT2D eigenvalue weighted by molar-refractivity contribution is -0.138. The number of carbonyl (C=O) groups excluding carboxylic acids is 2. The van der Waals surface area contributed by atoms with Gasteiger partial charge >= 0.3 is 5.97 Å². The van der Waals surface area contributed by atoms with Gasteiger partial charge in [0.1, 0.15) is 0 Å². The van der Waals surface area contributed by atoms with Crippen molar-refractivity contribution < 1.29 is 27.5 Å². The number of hydrogen-bond donors (Lipinski definition) is 0. The quantitative estimate of drug-likeness (QED) is 0.511. The first-order valence-corrected chi connectivity index (χ1v) is 13.5. The summed E-state index contributed by atoms with van der Waals surface area (Å²) in [5.74, 6) is -0.999. The topological polar surface area (TPSA) is 96.5 Å². The number of morpholine rings is 1. The van der Waals surface area contributed by atoms with Crippen LogP contribution < -0.4 is 4.90 Å². The van der Waals surface area contributed by atoms with Crippen LogP contribution in [0.3, 0.4) is 0 Å². The molecule has 3 rings (SSSR count). The van der Waals surface area contributed by atoms with E-state index >= 15 is 0 Å². The normalized spacial score (nSPS) is 17.8. The van der Waals surface area contributed by atoms with Crippen molar-refractivity contribution in [3.05, 3.63) is 23.8 Å². The van der Waals surface area contributed by atoms with Gasteiger partial charge in [-0.25, -0.2) is 13.2 Å². The van der Waals surface area contributed by atoms with Crippen LogP contribution in [0.1, 0.15) is 57.3 Å². The minimum atomic E-state index is -3.73. The van der Waals surface area contributed by atoms with Gasteiger partial charge < -0.3 is 19.3 Å². The molecule has 2 fully saturated rings. The fourth-order valence-electron chi connectivity index (χ4n) is 4.63. The SMILES string of the molecule is CC(C)N(C(=O)COC(=O)c1cc(S(=O)(=O)N2CCCCC2)ccc1N1CCOCC1)C(C)C. The Hall–Kier alpha value is -2.17. The molecule has 1 aromatic carbocycles. The molecule has 2 saturated heterocycles. The molecule has 0 unspecified atom stereocenters. The maximum absolute atomic E-state index is 13.2. The second-order valence-electron chi connectivity index (χ2n) is 9.31. The highest BCUT2D eigenvalue weighted by Gasteiger charge is 2.29. The lowest BCUT2D eigenvalue weighted by atomic mass is 10.1. The minimum absolute atomic E-state index is 0.0341. The number of ether oxygens (including phenoxy) is 2. The molecule has 0 radical (unpaired) electrons. The van der Waals surface area contributed by atoms with Gasteiger partial charge in [0.2, 0.25) is 10.0 Å². The van der Waals surface area contributed by atoms with E-state index in [1.165, 1.54) is 10.4 Å². The number of carbonyl (C=O) groups is 2. The van der Waals surface area contributed by atoms with Crippen molar-refractivity contribution in [2.75, 3.05) is 50.9 Å². The van der Waals surface area contributed by atoms with E-state index in [9.17, 15) is 18.0 Å². The van der Waals surface area contributed by atoms with Crippen molar-refractivity contribution in [1.29, 1.82) is 0 Å². The maximum Gasteiger partial charge on any atom is 0.340 e. The van der Waals surface area contributed by atoms with Crippen LogP contribution in [-0.4, -0.2) is 87.6 Å². The first-order chi connectivity index (χ1) is 16.1. The zero-order valence-corrected chi connectivity index (χ0v) is 21.5. The zero-order chi connectivity index (χ0) is 24.9. The van der Waals surface area contributed by atoms with Crippen LogP contribution in [0.2, 0.25) is 0 Å². The van der Waals surface area contributed by atoms with Crippen molar-refractivity contribution in [1.82, 2.24) is 9.21 Å². The Morgan fingerprint density at radius 1 is 1.00 bits per heavy atom. The van der Waals surface area contributed by atoms with Crippen molar-refractivity contribution in [3.8, 4) is 0 Å². The highest BCUT2D eigenvalue weighted by molar-refractivity contribution is 7.89. The van der Waals surface area contributed by atoms with E-state index in [0.717, 1.165) is 19.3 Å². The van der Waals surface area contributed by atoms with E-state index in [-0.39, 0.29) is 28.4 Å². The number of benzene rings is 1. The smallest absolute Gasteiger partial charge is 0.340 e. The van der Waals surface area contributed by atoms with Gasteiger partial charge in [0.05, 0.1) is 29.4 Å². The maximum atomic E-state index is 13.2. The summed E-state index contributed by atoms with van der Waals surface area (Å²) in [5, 5.41) is 0.